The molecule has 3 aromatic rings. The second-order valence-corrected chi connectivity index (χ2v) is 8.55. The topological polar surface area (TPSA) is 56.8 Å². The molecule has 0 fully saturated rings. The molecule has 0 unspecified atom stereocenters. The highest BCUT2D eigenvalue weighted by Gasteiger charge is 2.45. The van der Waals surface area contributed by atoms with E-state index >= 15 is 0 Å². The Labute approximate surface area is 164 Å². The Morgan fingerprint density at radius 2 is 1.54 bits per heavy atom. The van der Waals surface area contributed by atoms with Gasteiger partial charge in [0.2, 0.25) is 0 Å². The summed E-state index contributed by atoms with van der Waals surface area (Å²) < 4.78 is 30.9. The number of aryl methyl sites for hydroxylation is 1. The van der Waals surface area contributed by atoms with Gasteiger partial charge in [-0.1, -0.05) is 42.0 Å². The second-order valence-electron chi connectivity index (χ2n) is 6.58. The fraction of sp³-hybridized carbons (Fsp3) is 0.182. The molecule has 1 N–H and O–H groups in total. The van der Waals surface area contributed by atoms with E-state index in [0.717, 1.165) is 22.6 Å². The Morgan fingerprint density at radius 3 is 2.11 bits per heavy atom. The van der Waals surface area contributed by atoms with Gasteiger partial charge in [-0.25, -0.2) is 4.57 Å². The van der Waals surface area contributed by atoms with E-state index < -0.39 is 13.4 Å². The lowest BCUT2D eigenvalue weighted by molar-refractivity contribution is 0.340. The Balaban J connectivity index is 1.69. The Hall–Kier alpha value is -2.91. The van der Waals surface area contributed by atoms with Gasteiger partial charge in [0.05, 0.1) is 6.61 Å². The normalized spacial score (nSPS) is 15.1. The third kappa shape index (κ3) is 3.71. The van der Waals surface area contributed by atoms with Crippen LogP contribution in [0.1, 0.15) is 23.8 Å². The van der Waals surface area contributed by atoms with Crippen molar-refractivity contribution in [2.24, 2.45) is 0 Å². The molecule has 4 rings (SSSR count). The Kier molecular flexibility index (Phi) is 5.01. The number of anilines is 1. The minimum absolute atomic E-state index is 0.493. The molecule has 1 atom stereocenters. The van der Waals surface area contributed by atoms with Crippen LogP contribution in [0, 0.1) is 6.92 Å². The fourth-order valence-electron chi connectivity index (χ4n) is 3.06. The van der Waals surface area contributed by atoms with Gasteiger partial charge < -0.3 is 19.1 Å². The largest absolute Gasteiger partial charge is 0.494 e. The molecule has 0 saturated heterocycles. The first-order valence-corrected chi connectivity index (χ1v) is 10.8. The van der Waals surface area contributed by atoms with Gasteiger partial charge in [0.15, 0.2) is 17.3 Å². The predicted octanol–water partition coefficient (Wildman–Crippen LogP) is 6.17. The summed E-state index contributed by atoms with van der Waals surface area (Å²) in [6.07, 6.45) is 0. The Bertz CT molecular complexity index is 973. The summed E-state index contributed by atoms with van der Waals surface area (Å²) in [5.41, 5.74) is 2.78. The van der Waals surface area contributed by atoms with Gasteiger partial charge in [0.1, 0.15) is 5.75 Å². The number of nitrogens with one attached hydrogen (secondary N) is 1. The molecule has 0 amide bonds. The molecule has 6 heteroatoms. The lowest BCUT2D eigenvalue weighted by Crippen LogP contribution is -2.15. The number of fused-ring (bicyclic) bond motifs is 1. The lowest BCUT2D eigenvalue weighted by atomic mass is 10.2. The van der Waals surface area contributed by atoms with Crippen LogP contribution in [0.15, 0.2) is 72.8 Å². The smallest absolute Gasteiger partial charge is 0.457 e. The molecule has 144 valence electrons. The first-order valence-electron chi connectivity index (χ1n) is 9.21. The summed E-state index contributed by atoms with van der Waals surface area (Å²) in [5.74, 6) is 1.08. The first-order chi connectivity index (χ1) is 13.6. The van der Waals surface area contributed by atoms with Gasteiger partial charge in [-0.3, -0.25) is 0 Å². The van der Waals surface area contributed by atoms with E-state index in [1.165, 1.54) is 0 Å². The molecule has 0 saturated carbocycles. The zero-order valence-corrected chi connectivity index (χ0v) is 16.7. The lowest BCUT2D eigenvalue weighted by Gasteiger charge is -2.24. The highest BCUT2D eigenvalue weighted by Crippen LogP contribution is 2.66. The van der Waals surface area contributed by atoms with E-state index in [4.69, 9.17) is 13.8 Å². The molecular formula is C22H22NO4P. The minimum Gasteiger partial charge on any atom is -0.494 e. The maximum Gasteiger partial charge on any atom is 0.457 e. The third-order valence-corrected chi connectivity index (χ3v) is 6.44. The van der Waals surface area contributed by atoms with Gasteiger partial charge in [-0.2, -0.15) is 0 Å². The summed E-state index contributed by atoms with van der Waals surface area (Å²) in [6.45, 7) is 4.55. The molecule has 0 aromatic heterocycles. The molecule has 1 heterocycles. The summed E-state index contributed by atoms with van der Waals surface area (Å²) >= 11 is 0. The summed E-state index contributed by atoms with van der Waals surface area (Å²) in [4.78, 5) is 0. The summed E-state index contributed by atoms with van der Waals surface area (Å²) in [6, 6.07) is 22.6. The van der Waals surface area contributed by atoms with Crippen molar-refractivity contribution >= 4 is 13.3 Å². The molecule has 0 spiro atoms. The van der Waals surface area contributed by atoms with Crippen LogP contribution in [0.2, 0.25) is 0 Å². The Morgan fingerprint density at radius 1 is 0.929 bits per heavy atom. The van der Waals surface area contributed by atoms with E-state index in [9.17, 15) is 4.57 Å². The van der Waals surface area contributed by atoms with Crippen molar-refractivity contribution in [1.29, 1.82) is 0 Å². The van der Waals surface area contributed by atoms with Gasteiger partial charge in [0, 0.05) is 5.69 Å². The molecule has 3 aromatic carbocycles. The van der Waals surface area contributed by atoms with Gasteiger partial charge in [0.25, 0.3) is 0 Å². The van der Waals surface area contributed by atoms with E-state index in [-0.39, 0.29) is 0 Å². The molecule has 5 nitrogen and oxygen atoms in total. The molecule has 28 heavy (non-hydrogen) atoms. The number of rotatable bonds is 6. The minimum atomic E-state index is -3.54. The molecule has 0 bridgehead atoms. The standard InChI is InChI=1S/C22H22NO4P/c1-3-25-19-14-10-17(11-15-19)22(23-18-12-8-16(2)9-13-18)28(24)26-20-6-4-5-7-21(20)27-28/h4-15,22-23H,3H2,1-2H3/t22-/m1/s1. The zero-order valence-electron chi connectivity index (χ0n) is 15.8. The number of ether oxygens (including phenoxy) is 1. The molecule has 1 aliphatic rings. The number of hydrogen-bond acceptors (Lipinski definition) is 5. The van der Waals surface area contributed by atoms with Crippen molar-refractivity contribution in [3.05, 3.63) is 83.9 Å². The van der Waals surface area contributed by atoms with E-state index in [1.54, 1.807) is 12.1 Å². The molecular weight excluding hydrogens is 373 g/mol. The number of benzene rings is 3. The highest BCUT2D eigenvalue weighted by atomic mass is 31.2. The number of hydrogen-bond donors (Lipinski definition) is 1. The van der Waals surface area contributed by atoms with Crippen molar-refractivity contribution < 1.29 is 18.3 Å². The SMILES string of the molecule is CCOc1ccc([C@H](Nc2ccc(C)cc2)P2(=O)Oc3ccccc3O2)cc1. The van der Waals surface area contributed by atoms with Crippen molar-refractivity contribution in [1.82, 2.24) is 0 Å². The maximum atomic E-state index is 13.7. The third-order valence-electron chi connectivity index (χ3n) is 4.48. The van der Waals surface area contributed by atoms with Crippen molar-refractivity contribution in [2.75, 3.05) is 11.9 Å². The van der Waals surface area contributed by atoms with E-state index in [1.807, 2.05) is 74.5 Å². The number of para-hydroxylation sites is 2. The quantitative estimate of drug-likeness (QED) is 0.506. The fourth-order valence-corrected chi connectivity index (χ4v) is 5.01. The van der Waals surface area contributed by atoms with Gasteiger partial charge >= 0.3 is 7.60 Å². The first kappa shape index (κ1) is 18.5. The molecule has 0 radical (unpaired) electrons. The van der Waals surface area contributed by atoms with Crippen LogP contribution in [0.25, 0.3) is 0 Å². The van der Waals surface area contributed by atoms with Crippen molar-refractivity contribution in [3.63, 3.8) is 0 Å². The van der Waals surface area contributed by atoms with Gasteiger partial charge in [-0.05, 0) is 55.8 Å². The van der Waals surface area contributed by atoms with Crippen LogP contribution in [0.5, 0.6) is 17.2 Å². The molecule has 0 aliphatic carbocycles. The van der Waals surface area contributed by atoms with Crippen LogP contribution in [0.4, 0.5) is 5.69 Å². The second kappa shape index (κ2) is 7.61. The monoisotopic (exact) mass is 395 g/mol. The van der Waals surface area contributed by atoms with Crippen LogP contribution < -0.4 is 19.1 Å². The van der Waals surface area contributed by atoms with Crippen molar-refractivity contribution in [3.8, 4) is 17.2 Å². The van der Waals surface area contributed by atoms with Crippen LogP contribution in [0.3, 0.4) is 0 Å². The van der Waals surface area contributed by atoms with Crippen LogP contribution in [-0.2, 0) is 4.57 Å². The van der Waals surface area contributed by atoms with Crippen LogP contribution >= 0.6 is 7.60 Å². The molecule has 1 aliphatic heterocycles. The summed E-state index contributed by atoms with van der Waals surface area (Å²) in [7, 11) is -3.54. The van der Waals surface area contributed by atoms with Crippen molar-refractivity contribution in [2.45, 2.75) is 19.6 Å². The van der Waals surface area contributed by atoms with E-state index in [0.29, 0.717) is 18.1 Å². The maximum absolute atomic E-state index is 13.7. The van der Waals surface area contributed by atoms with Crippen LogP contribution in [-0.4, -0.2) is 6.61 Å². The van der Waals surface area contributed by atoms with E-state index in [2.05, 4.69) is 5.32 Å². The summed E-state index contributed by atoms with van der Waals surface area (Å²) in [5, 5.41) is 3.34. The van der Waals surface area contributed by atoms with Gasteiger partial charge in [-0.15, -0.1) is 0 Å². The average molecular weight is 395 g/mol. The average Bonchev–Trinajstić information content (AvgIpc) is 3.05. The zero-order chi connectivity index (χ0) is 19.6. The predicted molar refractivity (Wildman–Crippen MR) is 110 cm³/mol. The highest BCUT2D eigenvalue weighted by molar-refractivity contribution is 7.55.